The Hall–Kier alpha value is -7.89. The molecule has 352 valence electrons. The van der Waals surface area contributed by atoms with E-state index < -0.39 is 0 Å². The number of hydrogen-bond acceptors (Lipinski definition) is 4. The highest BCUT2D eigenvalue weighted by Gasteiger charge is 2.32. The lowest BCUT2D eigenvalue weighted by atomic mass is 9.81. The Bertz CT molecular complexity index is 3770. The molecule has 0 bridgehead atoms. The molecule has 0 saturated heterocycles. The van der Waals surface area contributed by atoms with Crippen LogP contribution in [-0.4, -0.2) is 16.2 Å². The first-order valence-electron chi connectivity index (χ1n) is 26.2. The van der Waals surface area contributed by atoms with Gasteiger partial charge in [0.15, 0.2) is 0 Å². The van der Waals surface area contributed by atoms with E-state index in [0.717, 1.165) is 78.1 Å². The molecule has 0 spiro atoms. The Kier molecular flexibility index (Phi) is 10.4. The average molecular weight is 930 g/mol. The van der Waals surface area contributed by atoms with Crippen molar-refractivity contribution >= 4 is 44.6 Å². The van der Waals surface area contributed by atoms with E-state index in [4.69, 9.17) is 9.72 Å². The summed E-state index contributed by atoms with van der Waals surface area (Å²) < 4.78 is 36.9. The number of rotatable bonds is 8. The minimum absolute atomic E-state index is 0.0116. The standard InChI is InChI=1S/C66H62N4O/c1-64(2,3)47-33-29-45(30-34-47)53-25-18-24-52(44-19-11-10-12-20-44)63(53)69-43-68(59-27-15-16-28-60(59)69)49-21-17-22-50(39-49)71-51-37-38-55-54-23-13-14-26-58(54)70(61(55)40-51)62-41-57(66(7,8)9)56(42-67-62)46-31-35-48(36-32-46)65(4,5)6/h10-42H,43H2,1-9H3/i17D,21D,22D. The molecule has 0 aliphatic carbocycles. The van der Waals surface area contributed by atoms with Gasteiger partial charge in [0.2, 0.25) is 0 Å². The number of aromatic nitrogens is 2. The molecule has 0 atom stereocenters. The van der Waals surface area contributed by atoms with Gasteiger partial charge in [0.25, 0.3) is 0 Å². The molecule has 2 aromatic heterocycles. The SMILES string of the molecule is [2H]c1c(Oc2ccc3c4ccccc4n(-c4cc(C(C)(C)C)c(-c5ccc(C(C)(C)C)cc5)cn4)c3c2)cc(N2CN(c3c(-c4ccccc4)cccc3-c3ccc(C(C)(C)C)cc3)c3ccccc32)c([2H])c1[2H]. The second-order valence-corrected chi connectivity index (χ2v) is 21.9. The fraction of sp³-hybridized carbons (Fsp3) is 0.197. The Morgan fingerprint density at radius 3 is 1.70 bits per heavy atom. The van der Waals surface area contributed by atoms with Crippen molar-refractivity contribution in [2.45, 2.75) is 78.6 Å². The van der Waals surface area contributed by atoms with Crippen molar-refractivity contribution in [3.8, 4) is 50.7 Å². The summed E-state index contributed by atoms with van der Waals surface area (Å²) in [5.74, 6) is 1.49. The molecule has 5 nitrogen and oxygen atoms in total. The lowest BCUT2D eigenvalue weighted by molar-refractivity contribution is 0.483. The van der Waals surface area contributed by atoms with Crippen LogP contribution in [0.15, 0.2) is 200 Å². The molecule has 5 heteroatoms. The van der Waals surface area contributed by atoms with Gasteiger partial charge in [0.1, 0.15) is 24.0 Å². The summed E-state index contributed by atoms with van der Waals surface area (Å²) in [5, 5.41) is 2.12. The molecule has 10 aromatic rings. The number of para-hydroxylation sites is 4. The zero-order valence-electron chi connectivity index (χ0n) is 45.2. The van der Waals surface area contributed by atoms with Crippen LogP contribution >= 0.6 is 0 Å². The van der Waals surface area contributed by atoms with Crippen molar-refractivity contribution in [1.82, 2.24) is 9.55 Å². The van der Waals surface area contributed by atoms with Crippen LogP contribution in [0.3, 0.4) is 0 Å². The first-order chi connectivity index (χ1) is 35.3. The van der Waals surface area contributed by atoms with E-state index in [1.165, 1.54) is 16.7 Å². The molecule has 1 aliphatic rings. The van der Waals surface area contributed by atoms with Gasteiger partial charge in [-0.05, 0) is 98.1 Å². The quantitative estimate of drug-likeness (QED) is 0.152. The fourth-order valence-corrected chi connectivity index (χ4v) is 10.2. The number of pyridine rings is 1. The summed E-state index contributed by atoms with van der Waals surface area (Å²) in [6, 6.07) is 61.0. The second-order valence-electron chi connectivity index (χ2n) is 21.9. The lowest BCUT2D eigenvalue weighted by Gasteiger charge is -2.27. The molecule has 0 fully saturated rings. The molecule has 0 N–H and O–H groups in total. The maximum Gasteiger partial charge on any atom is 0.137 e. The van der Waals surface area contributed by atoms with Crippen LogP contribution in [0.25, 0.3) is 61.0 Å². The number of hydrogen-bond donors (Lipinski definition) is 0. The predicted octanol–water partition coefficient (Wildman–Crippen LogP) is 18.1. The largest absolute Gasteiger partial charge is 0.457 e. The van der Waals surface area contributed by atoms with Gasteiger partial charge >= 0.3 is 0 Å². The average Bonchev–Trinajstić information content (AvgIpc) is 3.94. The normalized spacial score (nSPS) is 13.6. The van der Waals surface area contributed by atoms with Crippen molar-refractivity contribution in [1.29, 1.82) is 0 Å². The zero-order chi connectivity index (χ0) is 51.8. The highest BCUT2D eigenvalue weighted by Crippen LogP contribution is 2.51. The van der Waals surface area contributed by atoms with Gasteiger partial charge in [0.05, 0.1) is 32.2 Å². The van der Waals surface area contributed by atoms with Crippen molar-refractivity contribution in [2.75, 3.05) is 16.5 Å². The monoisotopic (exact) mass is 930 g/mol. The van der Waals surface area contributed by atoms with Gasteiger partial charge < -0.3 is 14.5 Å². The van der Waals surface area contributed by atoms with E-state index in [1.54, 1.807) is 6.07 Å². The maximum atomic E-state index is 9.44. The van der Waals surface area contributed by atoms with Gasteiger partial charge in [-0.25, -0.2) is 4.98 Å². The minimum Gasteiger partial charge on any atom is -0.457 e. The number of anilines is 4. The molecule has 3 heterocycles. The van der Waals surface area contributed by atoms with Crippen molar-refractivity contribution in [3.63, 3.8) is 0 Å². The Balaban J connectivity index is 0.997. The van der Waals surface area contributed by atoms with Gasteiger partial charge in [-0.15, -0.1) is 0 Å². The fourth-order valence-electron chi connectivity index (χ4n) is 10.2. The van der Waals surface area contributed by atoms with Crippen LogP contribution in [0.5, 0.6) is 11.5 Å². The maximum absolute atomic E-state index is 9.44. The van der Waals surface area contributed by atoms with Crippen molar-refractivity contribution < 1.29 is 8.85 Å². The van der Waals surface area contributed by atoms with Crippen LogP contribution < -0.4 is 14.5 Å². The van der Waals surface area contributed by atoms with Gasteiger partial charge in [-0.3, -0.25) is 4.57 Å². The van der Waals surface area contributed by atoms with E-state index >= 15 is 0 Å². The van der Waals surface area contributed by atoms with Crippen LogP contribution in [0, 0.1) is 0 Å². The highest BCUT2D eigenvalue weighted by atomic mass is 16.5. The molecule has 1 aliphatic heterocycles. The highest BCUT2D eigenvalue weighted by molar-refractivity contribution is 6.09. The Morgan fingerprint density at radius 1 is 0.479 bits per heavy atom. The second kappa shape index (κ2) is 17.5. The van der Waals surface area contributed by atoms with Crippen LogP contribution in [-0.2, 0) is 16.2 Å². The first-order valence-corrected chi connectivity index (χ1v) is 24.7. The summed E-state index contributed by atoms with van der Waals surface area (Å²) in [6.45, 7) is 20.5. The summed E-state index contributed by atoms with van der Waals surface area (Å²) in [6.07, 6.45) is 2.01. The van der Waals surface area contributed by atoms with E-state index in [2.05, 4.69) is 216 Å². The number of ether oxygens (including phenoxy) is 1. The molecule has 0 unspecified atom stereocenters. The first kappa shape index (κ1) is 42.0. The molecule has 11 rings (SSSR count). The van der Waals surface area contributed by atoms with Crippen LogP contribution in [0.1, 0.15) is 83.1 Å². The summed E-state index contributed by atoms with van der Waals surface area (Å²) in [4.78, 5) is 9.59. The molecule has 8 aromatic carbocycles. The molecule has 0 saturated carbocycles. The van der Waals surface area contributed by atoms with Gasteiger partial charge in [0, 0.05) is 51.5 Å². The zero-order valence-corrected chi connectivity index (χ0v) is 42.2. The predicted molar refractivity (Wildman–Crippen MR) is 300 cm³/mol. The molecule has 0 amide bonds. The lowest BCUT2D eigenvalue weighted by Crippen LogP contribution is -2.25. The number of nitrogens with zero attached hydrogens (tertiary/aromatic N) is 4. The summed E-state index contributed by atoms with van der Waals surface area (Å²) in [5.41, 5.74) is 15.5. The summed E-state index contributed by atoms with van der Waals surface area (Å²) >= 11 is 0. The molecule has 0 radical (unpaired) electrons. The van der Waals surface area contributed by atoms with E-state index in [9.17, 15) is 4.11 Å². The minimum atomic E-state index is -0.208. The number of fused-ring (bicyclic) bond motifs is 4. The van der Waals surface area contributed by atoms with Crippen molar-refractivity contribution in [2.24, 2.45) is 0 Å². The third kappa shape index (κ3) is 8.54. The Morgan fingerprint density at radius 2 is 1.06 bits per heavy atom. The van der Waals surface area contributed by atoms with Crippen LogP contribution in [0.4, 0.5) is 22.7 Å². The Labute approximate surface area is 423 Å². The summed E-state index contributed by atoms with van der Waals surface area (Å²) in [7, 11) is 0. The van der Waals surface area contributed by atoms with E-state index in [-0.39, 0.29) is 40.1 Å². The van der Waals surface area contributed by atoms with Crippen LogP contribution in [0.2, 0.25) is 0 Å². The van der Waals surface area contributed by atoms with E-state index in [1.807, 2.05) is 36.5 Å². The molecule has 71 heavy (non-hydrogen) atoms. The molecular weight excluding hydrogens is 865 g/mol. The molecular formula is C66H62N4O. The van der Waals surface area contributed by atoms with E-state index in [0.29, 0.717) is 18.1 Å². The van der Waals surface area contributed by atoms with Crippen molar-refractivity contribution in [3.05, 3.63) is 217 Å². The number of benzene rings is 8. The third-order valence-corrected chi connectivity index (χ3v) is 14.0. The smallest absolute Gasteiger partial charge is 0.137 e. The third-order valence-electron chi connectivity index (χ3n) is 14.0. The topological polar surface area (TPSA) is 33.5 Å². The van der Waals surface area contributed by atoms with Gasteiger partial charge in [-0.2, -0.15) is 0 Å². The van der Waals surface area contributed by atoms with Gasteiger partial charge in [-0.1, -0.05) is 196 Å².